The summed E-state index contributed by atoms with van der Waals surface area (Å²) in [6.07, 6.45) is 0.854. The van der Waals surface area contributed by atoms with Crippen LogP contribution < -0.4 is 0 Å². The van der Waals surface area contributed by atoms with Crippen molar-refractivity contribution in [2.45, 2.75) is 26.3 Å². The van der Waals surface area contributed by atoms with Crippen LogP contribution in [0.2, 0.25) is 0 Å². The van der Waals surface area contributed by atoms with Crippen LogP contribution in [-0.4, -0.2) is 34.1 Å². The van der Waals surface area contributed by atoms with Gasteiger partial charge in [-0.2, -0.15) is 0 Å². The highest BCUT2D eigenvalue weighted by Gasteiger charge is 2.17. The lowest BCUT2D eigenvalue weighted by Crippen LogP contribution is -2.34. The van der Waals surface area contributed by atoms with Gasteiger partial charge in [-0.25, -0.2) is 0 Å². The molecule has 16 heavy (non-hydrogen) atoms. The van der Waals surface area contributed by atoms with Crippen LogP contribution in [0.5, 0.6) is 11.5 Å². The molecule has 0 aliphatic rings. The summed E-state index contributed by atoms with van der Waals surface area (Å²) < 4.78 is 0. The number of carbonyl (C=O) groups excluding carboxylic acids is 1. The zero-order valence-corrected chi connectivity index (χ0v) is 9.77. The summed E-state index contributed by atoms with van der Waals surface area (Å²) >= 11 is 0. The molecule has 0 heterocycles. The Balaban J connectivity index is 2.96. The van der Waals surface area contributed by atoms with Crippen LogP contribution in [-0.2, 0) is 0 Å². The second-order valence-electron chi connectivity index (χ2n) is 3.91. The fraction of sp³-hybridized carbons (Fsp3) is 0.417. The van der Waals surface area contributed by atoms with E-state index >= 15 is 0 Å². The molecule has 0 radical (unpaired) electrons. The van der Waals surface area contributed by atoms with Crippen molar-refractivity contribution in [3.8, 4) is 11.5 Å². The van der Waals surface area contributed by atoms with Gasteiger partial charge in [0, 0.05) is 24.7 Å². The topological polar surface area (TPSA) is 60.8 Å². The first-order chi connectivity index (χ1) is 7.45. The van der Waals surface area contributed by atoms with E-state index < -0.39 is 0 Å². The van der Waals surface area contributed by atoms with Gasteiger partial charge in [-0.05, 0) is 25.5 Å². The van der Waals surface area contributed by atoms with Gasteiger partial charge < -0.3 is 15.1 Å². The number of hydrogen-bond acceptors (Lipinski definition) is 3. The Morgan fingerprint density at radius 3 is 2.25 bits per heavy atom. The molecule has 1 aromatic carbocycles. The minimum absolute atomic E-state index is 0.110. The molecular weight excluding hydrogens is 206 g/mol. The fourth-order valence-electron chi connectivity index (χ4n) is 1.40. The summed E-state index contributed by atoms with van der Waals surface area (Å²) in [4.78, 5) is 13.5. The van der Waals surface area contributed by atoms with E-state index in [1.807, 2.05) is 13.8 Å². The Morgan fingerprint density at radius 1 is 1.31 bits per heavy atom. The first-order valence-electron chi connectivity index (χ1n) is 5.26. The van der Waals surface area contributed by atoms with Gasteiger partial charge in [0.1, 0.15) is 11.5 Å². The number of nitrogens with zero attached hydrogens (tertiary/aromatic N) is 1. The molecule has 1 rings (SSSR count). The van der Waals surface area contributed by atoms with Crippen molar-refractivity contribution >= 4 is 5.91 Å². The third-order valence-corrected chi connectivity index (χ3v) is 2.72. The average Bonchev–Trinajstić information content (AvgIpc) is 2.24. The van der Waals surface area contributed by atoms with Crippen molar-refractivity contribution in [3.05, 3.63) is 23.8 Å². The monoisotopic (exact) mass is 223 g/mol. The normalized spacial score (nSPS) is 12.2. The molecule has 0 bridgehead atoms. The molecule has 0 aromatic heterocycles. The Labute approximate surface area is 95.1 Å². The number of benzene rings is 1. The number of amides is 1. The SMILES string of the molecule is CCC(C)N(C)C(=O)c1cc(O)cc(O)c1. The largest absolute Gasteiger partial charge is 0.508 e. The van der Waals surface area contributed by atoms with Crippen LogP contribution in [0.1, 0.15) is 30.6 Å². The molecule has 0 saturated heterocycles. The van der Waals surface area contributed by atoms with Gasteiger partial charge >= 0.3 is 0 Å². The van der Waals surface area contributed by atoms with Crippen molar-refractivity contribution in [2.75, 3.05) is 7.05 Å². The number of phenolic OH excluding ortho intramolecular Hbond substituents is 2. The minimum Gasteiger partial charge on any atom is -0.508 e. The Hall–Kier alpha value is -1.71. The maximum absolute atomic E-state index is 12.0. The predicted molar refractivity (Wildman–Crippen MR) is 61.6 cm³/mol. The highest BCUT2D eigenvalue weighted by atomic mass is 16.3. The van der Waals surface area contributed by atoms with E-state index in [0.717, 1.165) is 6.42 Å². The Morgan fingerprint density at radius 2 is 1.81 bits per heavy atom. The highest BCUT2D eigenvalue weighted by molar-refractivity contribution is 5.95. The third-order valence-electron chi connectivity index (χ3n) is 2.72. The summed E-state index contributed by atoms with van der Waals surface area (Å²) in [6.45, 7) is 3.94. The summed E-state index contributed by atoms with van der Waals surface area (Å²) in [6, 6.07) is 4.01. The van der Waals surface area contributed by atoms with Gasteiger partial charge in [0.05, 0.1) is 0 Å². The van der Waals surface area contributed by atoms with Crippen LogP contribution in [0.15, 0.2) is 18.2 Å². The van der Waals surface area contributed by atoms with E-state index in [2.05, 4.69) is 0 Å². The highest BCUT2D eigenvalue weighted by Crippen LogP contribution is 2.21. The Bertz CT molecular complexity index is 370. The zero-order valence-electron chi connectivity index (χ0n) is 9.77. The second kappa shape index (κ2) is 4.88. The molecule has 1 aromatic rings. The molecule has 0 aliphatic carbocycles. The third kappa shape index (κ3) is 2.66. The van der Waals surface area contributed by atoms with Crippen LogP contribution in [0.25, 0.3) is 0 Å². The van der Waals surface area contributed by atoms with E-state index in [1.165, 1.54) is 18.2 Å². The van der Waals surface area contributed by atoms with Crippen molar-refractivity contribution in [2.24, 2.45) is 0 Å². The molecule has 1 unspecified atom stereocenters. The lowest BCUT2D eigenvalue weighted by Gasteiger charge is -2.23. The van der Waals surface area contributed by atoms with E-state index in [4.69, 9.17) is 0 Å². The molecule has 4 heteroatoms. The summed E-state index contributed by atoms with van der Waals surface area (Å²) in [5, 5.41) is 18.6. The standard InChI is InChI=1S/C12H17NO3/c1-4-8(2)13(3)12(16)9-5-10(14)7-11(15)6-9/h5-8,14-15H,4H2,1-3H3. The molecule has 4 nitrogen and oxygen atoms in total. The number of aromatic hydroxyl groups is 2. The predicted octanol–water partition coefficient (Wildman–Crippen LogP) is 1.97. The van der Waals surface area contributed by atoms with E-state index in [1.54, 1.807) is 11.9 Å². The summed E-state index contributed by atoms with van der Waals surface area (Å²) in [5.41, 5.74) is 0.292. The molecule has 0 fully saturated rings. The molecule has 1 amide bonds. The molecule has 88 valence electrons. The van der Waals surface area contributed by atoms with Gasteiger partial charge in [0.25, 0.3) is 5.91 Å². The van der Waals surface area contributed by atoms with E-state index in [0.29, 0.717) is 5.56 Å². The van der Waals surface area contributed by atoms with E-state index in [9.17, 15) is 15.0 Å². The summed E-state index contributed by atoms with van der Waals surface area (Å²) in [7, 11) is 1.71. The number of rotatable bonds is 3. The van der Waals surface area contributed by atoms with E-state index in [-0.39, 0.29) is 23.4 Å². The van der Waals surface area contributed by atoms with Crippen molar-refractivity contribution in [1.29, 1.82) is 0 Å². The van der Waals surface area contributed by atoms with Crippen LogP contribution >= 0.6 is 0 Å². The van der Waals surface area contributed by atoms with Gasteiger partial charge in [-0.15, -0.1) is 0 Å². The molecule has 1 atom stereocenters. The second-order valence-corrected chi connectivity index (χ2v) is 3.91. The lowest BCUT2D eigenvalue weighted by atomic mass is 10.1. The minimum atomic E-state index is -0.208. The Kier molecular flexibility index (Phi) is 3.77. The smallest absolute Gasteiger partial charge is 0.254 e. The first-order valence-corrected chi connectivity index (χ1v) is 5.26. The molecule has 2 N–H and O–H groups in total. The van der Waals surface area contributed by atoms with Crippen molar-refractivity contribution < 1.29 is 15.0 Å². The molecule has 0 aliphatic heterocycles. The fourth-order valence-corrected chi connectivity index (χ4v) is 1.40. The van der Waals surface area contributed by atoms with Crippen LogP contribution in [0.3, 0.4) is 0 Å². The number of carbonyl (C=O) groups is 1. The molecule has 0 saturated carbocycles. The molecule has 0 spiro atoms. The van der Waals surface area contributed by atoms with Crippen molar-refractivity contribution in [3.63, 3.8) is 0 Å². The number of hydrogen-bond donors (Lipinski definition) is 2. The lowest BCUT2D eigenvalue weighted by molar-refractivity contribution is 0.0739. The van der Waals surface area contributed by atoms with Gasteiger partial charge in [0.15, 0.2) is 0 Å². The maximum atomic E-state index is 12.0. The zero-order chi connectivity index (χ0) is 12.3. The summed E-state index contributed by atoms with van der Waals surface area (Å²) in [5.74, 6) is -0.428. The van der Waals surface area contributed by atoms with Gasteiger partial charge in [-0.3, -0.25) is 4.79 Å². The van der Waals surface area contributed by atoms with Crippen molar-refractivity contribution in [1.82, 2.24) is 4.90 Å². The van der Waals surface area contributed by atoms with Gasteiger partial charge in [-0.1, -0.05) is 6.92 Å². The molecular formula is C12H17NO3. The average molecular weight is 223 g/mol. The number of phenols is 2. The van der Waals surface area contributed by atoms with Gasteiger partial charge in [0.2, 0.25) is 0 Å². The quantitative estimate of drug-likeness (QED) is 0.823. The van der Waals surface area contributed by atoms with Crippen LogP contribution in [0.4, 0.5) is 0 Å². The van der Waals surface area contributed by atoms with Crippen LogP contribution in [0, 0.1) is 0 Å². The first kappa shape index (κ1) is 12.4. The maximum Gasteiger partial charge on any atom is 0.254 e.